The van der Waals surface area contributed by atoms with Crippen molar-refractivity contribution in [2.45, 2.75) is 33.4 Å². The molecule has 4 heteroatoms. The Hall–Kier alpha value is -1.65. The summed E-state index contributed by atoms with van der Waals surface area (Å²) in [6.45, 7) is 6.81. The van der Waals surface area contributed by atoms with Crippen LogP contribution in [-0.4, -0.2) is 23.4 Å². The van der Waals surface area contributed by atoms with Crippen LogP contribution in [0.15, 0.2) is 36.4 Å². The van der Waals surface area contributed by atoms with E-state index in [1.54, 1.807) is 11.3 Å². The number of nitrogens with zero attached hydrogens (tertiary/aromatic N) is 1. The summed E-state index contributed by atoms with van der Waals surface area (Å²) < 4.78 is 0. The zero-order chi connectivity index (χ0) is 15.4. The fourth-order valence-electron chi connectivity index (χ4n) is 2.18. The molecule has 0 aliphatic heterocycles. The molecular weight excluding hydrogens is 280 g/mol. The van der Waals surface area contributed by atoms with Crippen molar-refractivity contribution in [1.82, 2.24) is 4.90 Å². The summed E-state index contributed by atoms with van der Waals surface area (Å²) in [7, 11) is 0. The summed E-state index contributed by atoms with van der Waals surface area (Å²) in [4.78, 5) is 16.1. The molecule has 0 aliphatic rings. The molecule has 3 nitrogen and oxygen atoms in total. The second-order valence-electron chi connectivity index (χ2n) is 5.45. The zero-order valence-electron chi connectivity index (χ0n) is 12.8. The minimum Gasteiger partial charge on any atom is -0.334 e. The SMILES string of the molecule is Cc1ccc(-c2ccc(CN(C(=O)CN)C(C)C)s2)cc1. The Morgan fingerprint density at radius 3 is 2.43 bits per heavy atom. The molecule has 0 fully saturated rings. The maximum Gasteiger partial charge on any atom is 0.236 e. The van der Waals surface area contributed by atoms with Gasteiger partial charge in [-0.3, -0.25) is 4.79 Å². The van der Waals surface area contributed by atoms with E-state index in [0.717, 1.165) is 0 Å². The van der Waals surface area contributed by atoms with Crippen LogP contribution in [0.4, 0.5) is 0 Å². The van der Waals surface area contributed by atoms with Gasteiger partial charge >= 0.3 is 0 Å². The van der Waals surface area contributed by atoms with Crippen molar-refractivity contribution in [1.29, 1.82) is 0 Å². The Morgan fingerprint density at radius 2 is 1.86 bits per heavy atom. The number of amides is 1. The van der Waals surface area contributed by atoms with Crippen molar-refractivity contribution in [3.8, 4) is 10.4 Å². The lowest BCUT2D eigenvalue weighted by Crippen LogP contribution is -2.40. The van der Waals surface area contributed by atoms with Crippen LogP contribution in [0.5, 0.6) is 0 Å². The van der Waals surface area contributed by atoms with Crippen LogP contribution in [0.3, 0.4) is 0 Å². The molecular formula is C17H22N2OS. The van der Waals surface area contributed by atoms with E-state index in [1.165, 1.54) is 20.9 Å². The summed E-state index contributed by atoms with van der Waals surface area (Å²) >= 11 is 1.73. The first-order valence-electron chi connectivity index (χ1n) is 7.16. The molecule has 0 bridgehead atoms. The maximum atomic E-state index is 11.9. The van der Waals surface area contributed by atoms with Gasteiger partial charge in [0, 0.05) is 15.8 Å². The van der Waals surface area contributed by atoms with Crippen molar-refractivity contribution < 1.29 is 4.79 Å². The fraction of sp³-hybridized carbons (Fsp3) is 0.353. The van der Waals surface area contributed by atoms with Crippen LogP contribution in [0.2, 0.25) is 0 Å². The highest BCUT2D eigenvalue weighted by Crippen LogP contribution is 2.29. The van der Waals surface area contributed by atoms with Crippen molar-refractivity contribution in [3.63, 3.8) is 0 Å². The molecule has 2 aromatic rings. The van der Waals surface area contributed by atoms with Gasteiger partial charge in [0.2, 0.25) is 5.91 Å². The lowest BCUT2D eigenvalue weighted by molar-refractivity contribution is -0.131. The van der Waals surface area contributed by atoms with E-state index in [9.17, 15) is 4.79 Å². The molecule has 0 unspecified atom stereocenters. The van der Waals surface area contributed by atoms with Gasteiger partial charge in [-0.25, -0.2) is 0 Å². The second kappa shape index (κ2) is 6.87. The summed E-state index contributed by atoms with van der Waals surface area (Å²) in [5.74, 6) is -0.00436. The van der Waals surface area contributed by atoms with Crippen LogP contribution in [-0.2, 0) is 11.3 Å². The lowest BCUT2D eigenvalue weighted by atomic mass is 10.1. The van der Waals surface area contributed by atoms with Crippen molar-refractivity contribution in [2.24, 2.45) is 5.73 Å². The third-order valence-corrected chi connectivity index (χ3v) is 4.56. The molecule has 0 atom stereocenters. The molecule has 0 saturated carbocycles. The molecule has 2 rings (SSSR count). The number of hydrogen-bond donors (Lipinski definition) is 1. The van der Waals surface area contributed by atoms with Crippen LogP contribution < -0.4 is 5.73 Å². The Bertz CT molecular complexity index is 602. The Morgan fingerprint density at radius 1 is 1.19 bits per heavy atom. The number of aryl methyl sites for hydroxylation is 1. The maximum absolute atomic E-state index is 11.9. The first kappa shape index (κ1) is 15.7. The van der Waals surface area contributed by atoms with Gasteiger partial charge in [0.1, 0.15) is 0 Å². The van der Waals surface area contributed by atoms with Crippen molar-refractivity contribution in [3.05, 3.63) is 46.8 Å². The Balaban J connectivity index is 2.15. The number of benzene rings is 1. The molecule has 1 amide bonds. The summed E-state index contributed by atoms with van der Waals surface area (Å²) in [6, 6.07) is 12.9. The van der Waals surface area contributed by atoms with Gasteiger partial charge in [-0.05, 0) is 38.5 Å². The number of hydrogen-bond acceptors (Lipinski definition) is 3. The minimum absolute atomic E-state index is 0.00436. The topological polar surface area (TPSA) is 46.3 Å². The highest BCUT2D eigenvalue weighted by molar-refractivity contribution is 7.15. The molecule has 0 radical (unpaired) electrons. The third kappa shape index (κ3) is 3.93. The normalized spacial score (nSPS) is 10.9. The van der Waals surface area contributed by atoms with Gasteiger partial charge in [-0.2, -0.15) is 0 Å². The van der Waals surface area contributed by atoms with Gasteiger partial charge < -0.3 is 10.6 Å². The minimum atomic E-state index is -0.00436. The zero-order valence-corrected chi connectivity index (χ0v) is 13.6. The lowest BCUT2D eigenvalue weighted by Gasteiger charge is -2.25. The van der Waals surface area contributed by atoms with E-state index in [0.29, 0.717) is 6.54 Å². The first-order chi connectivity index (χ1) is 10.0. The summed E-state index contributed by atoms with van der Waals surface area (Å²) in [6.07, 6.45) is 0. The number of nitrogens with two attached hydrogens (primary N) is 1. The molecule has 21 heavy (non-hydrogen) atoms. The van der Waals surface area contributed by atoms with E-state index in [4.69, 9.17) is 5.73 Å². The van der Waals surface area contributed by atoms with Gasteiger partial charge in [-0.1, -0.05) is 29.8 Å². The summed E-state index contributed by atoms with van der Waals surface area (Å²) in [5.41, 5.74) is 7.97. The molecule has 1 aromatic heterocycles. The molecule has 112 valence electrons. The Kier molecular flexibility index (Phi) is 5.15. The van der Waals surface area contributed by atoms with E-state index < -0.39 is 0 Å². The van der Waals surface area contributed by atoms with Crippen molar-refractivity contribution in [2.75, 3.05) is 6.54 Å². The molecule has 0 saturated heterocycles. The Labute approximate surface area is 130 Å². The molecule has 2 N–H and O–H groups in total. The molecule has 1 aromatic carbocycles. The van der Waals surface area contributed by atoms with Crippen LogP contribution >= 0.6 is 11.3 Å². The van der Waals surface area contributed by atoms with E-state index in [-0.39, 0.29) is 18.5 Å². The number of carbonyl (C=O) groups is 1. The smallest absolute Gasteiger partial charge is 0.236 e. The fourth-order valence-corrected chi connectivity index (χ4v) is 3.19. The average Bonchev–Trinajstić information content (AvgIpc) is 2.93. The average molecular weight is 302 g/mol. The molecule has 0 aliphatic carbocycles. The van der Waals surface area contributed by atoms with Crippen LogP contribution in [0.1, 0.15) is 24.3 Å². The van der Waals surface area contributed by atoms with E-state index >= 15 is 0 Å². The third-order valence-electron chi connectivity index (χ3n) is 3.44. The highest BCUT2D eigenvalue weighted by atomic mass is 32.1. The van der Waals surface area contributed by atoms with Gasteiger partial charge in [0.25, 0.3) is 0 Å². The monoisotopic (exact) mass is 302 g/mol. The molecule has 0 spiro atoms. The predicted octanol–water partition coefficient (Wildman–Crippen LogP) is 3.42. The van der Waals surface area contributed by atoms with E-state index in [2.05, 4.69) is 43.3 Å². The van der Waals surface area contributed by atoms with Gasteiger partial charge in [-0.15, -0.1) is 11.3 Å². The summed E-state index contributed by atoms with van der Waals surface area (Å²) in [5, 5.41) is 0. The standard InChI is InChI=1S/C17H22N2OS/c1-12(2)19(17(20)10-18)11-15-8-9-16(21-15)14-6-4-13(3)5-7-14/h4-9,12H,10-11,18H2,1-3H3. The largest absolute Gasteiger partial charge is 0.334 e. The highest BCUT2D eigenvalue weighted by Gasteiger charge is 2.16. The second-order valence-corrected chi connectivity index (χ2v) is 6.62. The van der Waals surface area contributed by atoms with Crippen LogP contribution in [0.25, 0.3) is 10.4 Å². The number of thiophene rings is 1. The first-order valence-corrected chi connectivity index (χ1v) is 7.98. The number of carbonyl (C=O) groups excluding carboxylic acids is 1. The predicted molar refractivity (Wildman–Crippen MR) is 89.2 cm³/mol. The van der Waals surface area contributed by atoms with Gasteiger partial charge in [0.05, 0.1) is 13.1 Å². The number of rotatable bonds is 5. The quantitative estimate of drug-likeness (QED) is 0.920. The molecule has 1 heterocycles. The van der Waals surface area contributed by atoms with Crippen LogP contribution in [0, 0.1) is 6.92 Å². The van der Waals surface area contributed by atoms with Crippen molar-refractivity contribution >= 4 is 17.2 Å². The van der Waals surface area contributed by atoms with E-state index in [1.807, 2.05) is 18.7 Å². The van der Waals surface area contributed by atoms with Gasteiger partial charge in [0.15, 0.2) is 0 Å².